The molecular formula is C14H21ClN4O4. The fraction of sp³-hybridized carbons (Fsp3) is 0.357. The zero-order chi connectivity index (χ0) is 16.4. The third-order valence-corrected chi connectivity index (χ3v) is 2.79. The number of hydrogen-bond acceptors (Lipinski definition) is 4. The standard InChI is InChI=1S/C14H20N4O4.ClH/c15-13(16)17-8-4-7-11(12(19)20)18-14(21)22-9-10-5-2-1-3-6-10;/h1-3,5-6,11H,4,7-9H2,(H,18,21)(H,19,20)(H4,15,16,17);1H/t11-;/m1./s1. The van der Waals surface area contributed by atoms with Crippen LogP contribution in [0, 0.1) is 5.41 Å². The Morgan fingerprint density at radius 3 is 2.52 bits per heavy atom. The molecular weight excluding hydrogens is 324 g/mol. The molecule has 0 aliphatic carbocycles. The number of carbonyl (C=O) groups excluding carboxylic acids is 1. The van der Waals surface area contributed by atoms with Crippen LogP contribution in [0.5, 0.6) is 0 Å². The summed E-state index contributed by atoms with van der Waals surface area (Å²) in [5.41, 5.74) is 5.93. The summed E-state index contributed by atoms with van der Waals surface area (Å²) >= 11 is 0. The van der Waals surface area contributed by atoms with Crippen LogP contribution in [-0.4, -0.2) is 35.7 Å². The first-order valence-electron chi connectivity index (χ1n) is 6.77. The van der Waals surface area contributed by atoms with Gasteiger partial charge in [0.1, 0.15) is 12.6 Å². The summed E-state index contributed by atoms with van der Waals surface area (Å²) in [5.74, 6) is -1.32. The van der Waals surface area contributed by atoms with Gasteiger partial charge in [-0.25, -0.2) is 9.59 Å². The van der Waals surface area contributed by atoms with E-state index < -0.39 is 18.1 Å². The van der Waals surface area contributed by atoms with E-state index in [0.717, 1.165) is 5.56 Å². The number of nitrogens with two attached hydrogens (primary N) is 1. The average Bonchev–Trinajstić information content (AvgIpc) is 2.48. The van der Waals surface area contributed by atoms with Gasteiger partial charge < -0.3 is 26.2 Å². The van der Waals surface area contributed by atoms with Crippen LogP contribution >= 0.6 is 12.4 Å². The van der Waals surface area contributed by atoms with Crippen molar-refractivity contribution in [1.82, 2.24) is 10.6 Å². The van der Waals surface area contributed by atoms with Crippen molar-refractivity contribution in [3.8, 4) is 0 Å². The van der Waals surface area contributed by atoms with E-state index in [4.69, 9.17) is 21.0 Å². The largest absolute Gasteiger partial charge is 0.480 e. The molecule has 8 nitrogen and oxygen atoms in total. The van der Waals surface area contributed by atoms with Crippen LogP contribution in [0.25, 0.3) is 0 Å². The number of halogens is 1. The van der Waals surface area contributed by atoms with Crippen LogP contribution in [0.15, 0.2) is 30.3 Å². The van der Waals surface area contributed by atoms with E-state index in [9.17, 15) is 9.59 Å². The van der Waals surface area contributed by atoms with Crippen LogP contribution in [-0.2, 0) is 16.1 Å². The molecule has 128 valence electrons. The van der Waals surface area contributed by atoms with Gasteiger partial charge in [0, 0.05) is 6.54 Å². The van der Waals surface area contributed by atoms with Gasteiger partial charge >= 0.3 is 12.1 Å². The number of nitrogens with one attached hydrogen (secondary N) is 3. The van der Waals surface area contributed by atoms with Gasteiger partial charge in [0.15, 0.2) is 5.96 Å². The Morgan fingerprint density at radius 1 is 1.30 bits per heavy atom. The Balaban J connectivity index is 0.00000484. The zero-order valence-corrected chi connectivity index (χ0v) is 13.3. The zero-order valence-electron chi connectivity index (χ0n) is 12.5. The van der Waals surface area contributed by atoms with Crippen molar-refractivity contribution >= 4 is 30.4 Å². The fourth-order valence-electron chi connectivity index (χ4n) is 1.69. The van der Waals surface area contributed by atoms with E-state index in [1.165, 1.54) is 0 Å². The monoisotopic (exact) mass is 344 g/mol. The molecule has 23 heavy (non-hydrogen) atoms. The molecule has 1 amide bonds. The first-order chi connectivity index (χ1) is 10.5. The van der Waals surface area contributed by atoms with E-state index >= 15 is 0 Å². The molecule has 0 saturated carbocycles. The number of guanidine groups is 1. The van der Waals surface area contributed by atoms with E-state index in [1.54, 1.807) is 12.1 Å². The predicted octanol–water partition coefficient (Wildman–Crippen LogP) is 1.05. The first-order valence-corrected chi connectivity index (χ1v) is 6.77. The summed E-state index contributed by atoms with van der Waals surface area (Å²) in [4.78, 5) is 22.7. The lowest BCUT2D eigenvalue weighted by Crippen LogP contribution is -2.41. The van der Waals surface area contributed by atoms with Crippen molar-refractivity contribution in [1.29, 1.82) is 5.41 Å². The normalized spacial score (nSPS) is 10.8. The van der Waals surface area contributed by atoms with Gasteiger partial charge in [-0.1, -0.05) is 30.3 Å². The average molecular weight is 345 g/mol. The third-order valence-electron chi connectivity index (χ3n) is 2.79. The fourth-order valence-corrected chi connectivity index (χ4v) is 1.69. The summed E-state index contributed by atoms with van der Waals surface area (Å²) < 4.78 is 4.97. The van der Waals surface area contributed by atoms with Crippen molar-refractivity contribution in [3.63, 3.8) is 0 Å². The number of carboxylic acid groups (broad SMARTS) is 1. The van der Waals surface area contributed by atoms with Crippen LogP contribution in [0.3, 0.4) is 0 Å². The van der Waals surface area contributed by atoms with Crippen LogP contribution in [0.4, 0.5) is 4.79 Å². The molecule has 0 bridgehead atoms. The molecule has 0 aromatic heterocycles. The van der Waals surface area contributed by atoms with Gasteiger partial charge in [0.25, 0.3) is 0 Å². The molecule has 0 fully saturated rings. The lowest BCUT2D eigenvalue weighted by atomic mass is 10.1. The minimum Gasteiger partial charge on any atom is -0.480 e. The van der Waals surface area contributed by atoms with Gasteiger partial charge in [-0.2, -0.15) is 0 Å². The maximum atomic E-state index is 11.6. The molecule has 1 atom stereocenters. The summed E-state index contributed by atoms with van der Waals surface area (Å²) in [6.07, 6.45) is -0.137. The van der Waals surface area contributed by atoms with Crippen molar-refractivity contribution < 1.29 is 19.4 Å². The van der Waals surface area contributed by atoms with Crippen molar-refractivity contribution in [2.24, 2.45) is 5.73 Å². The molecule has 0 spiro atoms. The maximum absolute atomic E-state index is 11.6. The number of alkyl carbamates (subject to hydrolysis) is 1. The minimum atomic E-state index is -1.14. The molecule has 0 aliphatic rings. The van der Waals surface area contributed by atoms with Crippen molar-refractivity contribution in [2.75, 3.05) is 6.54 Å². The summed E-state index contributed by atoms with van der Waals surface area (Å²) in [6.45, 7) is 0.435. The molecule has 0 saturated heterocycles. The molecule has 1 aromatic rings. The highest BCUT2D eigenvalue weighted by atomic mass is 35.5. The lowest BCUT2D eigenvalue weighted by Gasteiger charge is -2.14. The van der Waals surface area contributed by atoms with Gasteiger partial charge in [0.05, 0.1) is 0 Å². The molecule has 0 unspecified atom stereocenters. The Labute approximate surface area is 140 Å². The molecule has 1 aromatic carbocycles. The van der Waals surface area contributed by atoms with Gasteiger partial charge in [-0.3, -0.25) is 5.41 Å². The topological polar surface area (TPSA) is 138 Å². The molecule has 0 radical (unpaired) electrons. The van der Waals surface area contributed by atoms with Gasteiger partial charge in [-0.15, -0.1) is 12.4 Å². The van der Waals surface area contributed by atoms with E-state index in [1.807, 2.05) is 18.2 Å². The Morgan fingerprint density at radius 2 is 1.96 bits per heavy atom. The highest BCUT2D eigenvalue weighted by Crippen LogP contribution is 2.02. The molecule has 0 heterocycles. The smallest absolute Gasteiger partial charge is 0.408 e. The Kier molecular flexibility index (Phi) is 9.94. The van der Waals surface area contributed by atoms with Crippen molar-refractivity contribution in [3.05, 3.63) is 35.9 Å². The summed E-state index contributed by atoms with van der Waals surface area (Å²) in [7, 11) is 0. The van der Waals surface area contributed by atoms with E-state index in [-0.39, 0.29) is 31.4 Å². The Hall–Kier alpha value is -2.48. The van der Waals surface area contributed by atoms with Gasteiger partial charge in [0.2, 0.25) is 0 Å². The minimum absolute atomic E-state index is 0. The summed E-state index contributed by atoms with van der Waals surface area (Å²) in [5, 5.41) is 20.9. The predicted molar refractivity (Wildman–Crippen MR) is 87.6 cm³/mol. The summed E-state index contributed by atoms with van der Waals surface area (Å²) in [6, 6.07) is 8.04. The first kappa shape index (κ1) is 20.5. The van der Waals surface area contributed by atoms with Crippen LogP contribution < -0.4 is 16.4 Å². The Bertz CT molecular complexity index is 513. The van der Waals surface area contributed by atoms with E-state index in [0.29, 0.717) is 13.0 Å². The number of ether oxygens (including phenoxy) is 1. The number of carboxylic acids is 1. The number of rotatable bonds is 8. The number of carbonyl (C=O) groups is 2. The number of amides is 1. The van der Waals surface area contributed by atoms with E-state index in [2.05, 4.69) is 10.6 Å². The second kappa shape index (κ2) is 11.1. The molecule has 1 rings (SSSR count). The molecule has 9 heteroatoms. The second-order valence-corrected chi connectivity index (χ2v) is 4.58. The van der Waals surface area contributed by atoms with Crippen LogP contribution in [0.2, 0.25) is 0 Å². The maximum Gasteiger partial charge on any atom is 0.408 e. The number of hydrogen-bond donors (Lipinski definition) is 5. The van der Waals surface area contributed by atoms with Crippen LogP contribution in [0.1, 0.15) is 18.4 Å². The SMILES string of the molecule is Cl.N=C(N)NCCC[C@@H](NC(=O)OCc1ccccc1)C(=O)O. The highest BCUT2D eigenvalue weighted by molar-refractivity contribution is 5.85. The number of aliphatic carboxylic acids is 1. The lowest BCUT2D eigenvalue weighted by molar-refractivity contribution is -0.139. The van der Waals surface area contributed by atoms with Gasteiger partial charge in [-0.05, 0) is 18.4 Å². The third kappa shape index (κ3) is 9.20. The molecule has 0 aliphatic heterocycles. The number of benzene rings is 1. The second-order valence-electron chi connectivity index (χ2n) is 4.58. The van der Waals surface area contributed by atoms with Crippen molar-refractivity contribution in [2.45, 2.75) is 25.5 Å². The highest BCUT2D eigenvalue weighted by Gasteiger charge is 2.20. The molecule has 6 N–H and O–H groups in total. The quantitative estimate of drug-likeness (QED) is 0.271.